The Hall–Kier alpha value is -0.190. The monoisotopic (exact) mass is 321 g/mol. The molecule has 0 aliphatic carbocycles. The van der Waals surface area contributed by atoms with Crippen LogP contribution in [0.25, 0.3) is 0 Å². The smallest absolute Gasteiger partial charge is 0.144 e. The Balaban J connectivity index is 2.85. The van der Waals surface area contributed by atoms with Gasteiger partial charge in [0.1, 0.15) is 11.0 Å². The number of nitrogens with zero attached hydrogens (tertiary/aromatic N) is 1. The van der Waals surface area contributed by atoms with Crippen LogP contribution in [0, 0.1) is 0 Å². The summed E-state index contributed by atoms with van der Waals surface area (Å²) in [7, 11) is -1.24. The lowest BCUT2D eigenvalue weighted by Crippen LogP contribution is -2.19. The zero-order valence-corrected chi connectivity index (χ0v) is 12.5. The van der Waals surface area contributed by atoms with E-state index in [0.717, 1.165) is 10.0 Å². The molecular weight excluding hydrogens is 310 g/mol. The predicted molar refractivity (Wildman–Crippen MR) is 74.6 cm³/mol. The Morgan fingerprint density at radius 3 is 2.56 bits per heavy atom. The van der Waals surface area contributed by atoms with Gasteiger partial charge in [0.15, 0.2) is 0 Å². The maximum atomic E-state index is 11.7. The number of halogens is 2. The third-order valence-corrected chi connectivity index (χ3v) is 4.34. The first-order chi connectivity index (χ1) is 7.30. The number of benzene rings is 1. The third kappa shape index (κ3) is 4.00. The van der Waals surface area contributed by atoms with Crippen LogP contribution in [0.2, 0.25) is 5.02 Å². The predicted octanol–water partition coefficient (Wildman–Crippen LogP) is 3.98. The van der Waals surface area contributed by atoms with Crippen molar-refractivity contribution in [2.75, 3.05) is 0 Å². The van der Waals surface area contributed by atoms with E-state index < -0.39 is 11.0 Å². The number of rotatable bonds is 2. The molecule has 0 bridgehead atoms. The van der Waals surface area contributed by atoms with Gasteiger partial charge in [-0.2, -0.15) is 4.40 Å². The summed E-state index contributed by atoms with van der Waals surface area (Å²) in [6.45, 7) is 5.65. The van der Waals surface area contributed by atoms with Gasteiger partial charge in [0, 0.05) is 10.7 Å². The molecular formula is C11H13BrClNOS. The highest BCUT2D eigenvalue weighted by molar-refractivity contribution is 9.10. The Kier molecular flexibility index (Phi) is 4.71. The molecule has 1 atom stereocenters. The first kappa shape index (κ1) is 13.9. The van der Waals surface area contributed by atoms with Crippen molar-refractivity contribution >= 4 is 44.7 Å². The van der Waals surface area contributed by atoms with Crippen molar-refractivity contribution in [3.63, 3.8) is 0 Å². The molecule has 2 nitrogen and oxygen atoms in total. The molecule has 0 spiro atoms. The minimum absolute atomic E-state index is 0.338. The maximum Gasteiger partial charge on any atom is 0.144 e. The maximum absolute atomic E-state index is 11.7. The van der Waals surface area contributed by atoms with Crippen LogP contribution >= 0.6 is 27.5 Å². The molecule has 0 fully saturated rings. The largest absolute Gasteiger partial charge is 0.234 e. The zero-order valence-electron chi connectivity index (χ0n) is 9.33. The highest BCUT2D eigenvalue weighted by Gasteiger charge is 2.18. The first-order valence-corrected chi connectivity index (χ1v) is 6.99. The molecule has 1 aromatic rings. The summed E-state index contributed by atoms with van der Waals surface area (Å²) in [5, 5.41) is 0.616. The molecule has 0 radical (unpaired) electrons. The molecule has 0 aliphatic rings. The van der Waals surface area contributed by atoms with Crippen LogP contribution in [0.3, 0.4) is 0 Å². The van der Waals surface area contributed by atoms with Gasteiger partial charge in [0.25, 0.3) is 0 Å². The van der Waals surface area contributed by atoms with Gasteiger partial charge in [-0.05, 0) is 54.4 Å². The van der Waals surface area contributed by atoms with E-state index in [0.29, 0.717) is 5.02 Å². The van der Waals surface area contributed by atoms with Crippen LogP contribution in [0.5, 0.6) is 0 Å². The van der Waals surface area contributed by atoms with Crippen LogP contribution in [0.4, 0.5) is 0 Å². The van der Waals surface area contributed by atoms with Gasteiger partial charge in [-0.15, -0.1) is 0 Å². The molecule has 0 heterocycles. The van der Waals surface area contributed by atoms with E-state index >= 15 is 0 Å². The lowest BCUT2D eigenvalue weighted by Gasteiger charge is -2.12. The molecule has 5 heteroatoms. The van der Waals surface area contributed by atoms with Crippen molar-refractivity contribution < 1.29 is 4.21 Å². The third-order valence-electron chi connectivity index (χ3n) is 1.77. The van der Waals surface area contributed by atoms with Gasteiger partial charge < -0.3 is 0 Å². The van der Waals surface area contributed by atoms with Crippen molar-refractivity contribution in [3.8, 4) is 0 Å². The van der Waals surface area contributed by atoms with Gasteiger partial charge in [-0.3, -0.25) is 0 Å². The van der Waals surface area contributed by atoms with Gasteiger partial charge in [0.2, 0.25) is 0 Å². The van der Waals surface area contributed by atoms with Gasteiger partial charge in [-0.1, -0.05) is 17.7 Å². The first-order valence-electron chi connectivity index (χ1n) is 4.72. The minimum Gasteiger partial charge on any atom is -0.234 e. The van der Waals surface area contributed by atoms with Crippen LogP contribution in [0.15, 0.2) is 27.1 Å². The van der Waals surface area contributed by atoms with E-state index in [4.69, 9.17) is 11.6 Å². The van der Waals surface area contributed by atoms with Gasteiger partial charge >= 0.3 is 0 Å². The van der Waals surface area contributed by atoms with Crippen molar-refractivity contribution in [1.29, 1.82) is 0 Å². The average molecular weight is 323 g/mol. The summed E-state index contributed by atoms with van der Waals surface area (Å²) in [6, 6.07) is 5.47. The fraction of sp³-hybridized carbons (Fsp3) is 0.364. The zero-order chi connectivity index (χ0) is 12.3. The summed E-state index contributed by atoms with van der Waals surface area (Å²) in [4.78, 5) is 0. The lowest BCUT2D eigenvalue weighted by molar-refractivity contribution is 0.651. The summed E-state index contributed by atoms with van der Waals surface area (Å²) in [5.41, 5.74) is 0.839. The summed E-state index contributed by atoms with van der Waals surface area (Å²) in [6.07, 6.45) is 1.58. The second-order valence-electron chi connectivity index (χ2n) is 4.27. The van der Waals surface area contributed by atoms with Gasteiger partial charge in [0.05, 0.1) is 9.77 Å². The van der Waals surface area contributed by atoms with Crippen LogP contribution in [-0.2, 0) is 11.0 Å². The molecule has 0 aromatic heterocycles. The van der Waals surface area contributed by atoms with Crippen molar-refractivity contribution in [3.05, 3.63) is 33.3 Å². The normalized spacial score (nSPS) is 14.3. The molecule has 1 rings (SSSR count). The average Bonchev–Trinajstić information content (AvgIpc) is 2.18. The van der Waals surface area contributed by atoms with Crippen LogP contribution in [-0.4, -0.2) is 15.2 Å². The van der Waals surface area contributed by atoms with Gasteiger partial charge in [-0.25, -0.2) is 4.21 Å². The summed E-state index contributed by atoms with van der Waals surface area (Å²) in [5.74, 6) is 0. The highest BCUT2D eigenvalue weighted by Crippen LogP contribution is 2.22. The molecule has 0 saturated heterocycles. The molecule has 0 amide bonds. The van der Waals surface area contributed by atoms with Crippen molar-refractivity contribution in [2.24, 2.45) is 4.40 Å². The van der Waals surface area contributed by atoms with Crippen molar-refractivity contribution in [1.82, 2.24) is 0 Å². The summed E-state index contributed by atoms with van der Waals surface area (Å²) < 4.78 is 16.2. The Bertz CT molecular complexity index is 440. The van der Waals surface area contributed by atoms with Crippen molar-refractivity contribution in [2.45, 2.75) is 25.5 Å². The Morgan fingerprint density at radius 1 is 1.44 bits per heavy atom. The molecule has 0 unspecified atom stereocenters. The van der Waals surface area contributed by atoms with E-state index in [1.54, 1.807) is 12.3 Å². The molecule has 0 saturated carbocycles. The molecule has 1 aromatic carbocycles. The van der Waals surface area contributed by atoms with Crippen LogP contribution < -0.4 is 0 Å². The van der Waals surface area contributed by atoms with Crippen LogP contribution in [0.1, 0.15) is 26.3 Å². The lowest BCUT2D eigenvalue weighted by atomic mass is 10.2. The fourth-order valence-electron chi connectivity index (χ4n) is 0.860. The van der Waals surface area contributed by atoms with E-state index in [1.165, 1.54) is 0 Å². The quantitative estimate of drug-likeness (QED) is 0.757. The molecule has 88 valence electrons. The standard InChI is InChI=1S/C11H13BrClNOS/c1-11(2,3)16(15)14-7-8-4-5-9(12)10(13)6-8/h4-7H,1-3H3/t16-/m0/s1. The molecule has 0 aliphatic heterocycles. The fourth-order valence-corrected chi connectivity index (χ4v) is 1.83. The highest BCUT2D eigenvalue weighted by atomic mass is 79.9. The number of hydrogen-bond donors (Lipinski definition) is 0. The number of hydrogen-bond acceptors (Lipinski definition) is 1. The van der Waals surface area contributed by atoms with E-state index in [1.807, 2.05) is 32.9 Å². The SMILES string of the molecule is CC(C)(C)[S@](=O)N=Cc1ccc(Br)c(Cl)c1. The summed E-state index contributed by atoms with van der Waals surface area (Å²) >= 11 is 9.24. The molecule has 16 heavy (non-hydrogen) atoms. The van der Waals surface area contributed by atoms with E-state index in [9.17, 15) is 4.21 Å². The minimum atomic E-state index is -1.24. The van der Waals surface area contributed by atoms with E-state index in [2.05, 4.69) is 20.3 Å². The van der Waals surface area contributed by atoms with E-state index in [-0.39, 0.29) is 4.75 Å². The molecule has 0 N–H and O–H groups in total. The Labute approximate surface area is 112 Å². The second kappa shape index (κ2) is 5.43. The Morgan fingerprint density at radius 2 is 2.06 bits per heavy atom. The second-order valence-corrected chi connectivity index (χ2v) is 7.46. The topological polar surface area (TPSA) is 29.4 Å².